The monoisotopic (exact) mass is 341 g/mol. The summed E-state index contributed by atoms with van der Waals surface area (Å²) in [5.74, 6) is 1.82. The summed E-state index contributed by atoms with van der Waals surface area (Å²) >= 11 is 0. The highest BCUT2D eigenvalue weighted by molar-refractivity contribution is 5.58. The minimum atomic E-state index is 0.0303. The lowest BCUT2D eigenvalue weighted by molar-refractivity contribution is 0.301. The summed E-state index contributed by atoms with van der Waals surface area (Å²) in [5, 5.41) is 3.88. The molecule has 2 aromatic heterocycles. The summed E-state index contributed by atoms with van der Waals surface area (Å²) in [6.07, 6.45) is 9.89. The Morgan fingerprint density at radius 1 is 1.12 bits per heavy atom. The van der Waals surface area contributed by atoms with Crippen LogP contribution in [0, 0.1) is 12.3 Å². The predicted octanol–water partition coefficient (Wildman–Crippen LogP) is 6.32. The number of anilines is 1. The van der Waals surface area contributed by atoms with E-state index in [4.69, 9.17) is 4.98 Å². The van der Waals surface area contributed by atoms with Gasteiger partial charge in [0.25, 0.3) is 0 Å². The van der Waals surface area contributed by atoms with E-state index in [9.17, 15) is 0 Å². The van der Waals surface area contributed by atoms with Crippen molar-refractivity contribution >= 4 is 11.5 Å². The number of fused-ring (bicyclic) bond motifs is 1. The first kappa shape index (κ1) is 18.3. The van der Waals surface area contributed by atoms with Crippen molar-refractivity contribution in [3.63, 3.8) is 0 Å². The Labute approximate surface area is 153 Å². The maximum absolute atomic E-state index is 5.08. The topological polar surface area (TPSA) is 29.3 Å². The molecule has 1 aliphatic carbocycles. The minimum Gasteiger partial charge on any atom is -0.365 e. The zero-order valence-electron chi connectivity index (χ0n) is 16.9. The fourth-order valence-corrected chi connectivity index (χ4v) is 4.64. The molecule has 1 aliphatic rings. The number of aryl methyl sites for hydroxylation is 1. The molecule has 3 heteroatoms. The van der Waals surface area contributed by atoms with Gasteiger partial charge in [-0.3, -0.25) is 4.40 Å². The van der Waals surface area contributed by atoms with Crippen LogP contribution in [0.1, 0.15) is 90.3 Å². The Bertz CT molecular complexity index is 728. The van der Waals surface area contributed by atoms with Crippen LogP contribution in [0.25, 0.3) is 5.65 Å². The lowest BCUT2D eigenvalue weighted by atomic mass is 9.81. The second-order valence-corrected chi connectivity index (χ2v) is 9.86. The summed E-state index contributed by atoms with van der Waals surface area (Å²) in [7, 11) is 0. The Morgan fingerprint density at radius 2 is 1.80 bits per heavy atom. The van der Waals surface area contributed by atoms with Gasteiger partial charge in [-0.15, -0.1) is 0 Å². The van der Waals surface area contributed by atoms with E-state index in [1.54, 1.807) is 0 Å². The first-order valence-electron chi connectivity index (χ1n) is 9.91. The van der Waals surface area contributed by atoms with Crippen molar-refractivity contribution in [3.05, 3.63) is 29.6 Å². The number of rotatable bonds is 4. The number of nitrogens with one attached hydrogen (secondary N) is 1. The summed E-state index contributed by atoms with van der Waals surface area (Å²) in [4.78, 5) is 5.08. The molecule has 2 heterocycles. The van der Waals surface area contributed by atoms with E-state index >= 15 is 0 Å². The van der Waals surface area contributed by atoms with Crippen molar-refractivity contribution < 1.29 is 0 Å². The Kier molecular flexibility index (Phi) is 4.87. The van der Waals surface area contributed by atoms with Crippen LogP contribution in [-0.2, 0) is 0 Å². The maximum atomic E-state index is 5.08. The molecule has 0 aromatic carbocycles. The second-order valence-electron chi connectivity index (χ2n) is 9.86. The molecule has 0 saturated heterocycles. The zero-order chi connectivity index (χ0) is 18.2. The van der Waals surface area contributed by atoms with Gasteiger partial charge in [-0.05, 0) is 63.1 Å². The van der Waals surface area contributed by atoms with Crippen LogP contribution in [0.3, 0.4) is 0 Å². The second kappa shape index (κ2) is 6.66. The molecule has 1 saturated carbocycles. The molecule has 0 spiro atoms. The molecule has 0 unspecified atom stereocenters. The number of pyridine rings is 1. The smallest absolute Gasteiger partial charge is 0.138 e. The highest BCUT2D eigenvalue weighted by Gasteiger charge is 2.30. The van der Waals surface area contributed by atoms with Crippen molar-refractivity contribution in [2.24, 2.45) is 5.41 Å². The Hall–Kier alpha value is -1.51. The summed E-state index contributed by atoms with van der Waals surface area (Å²) in [6, 6.07) is 4.38. The van der Waals surface area contributed by atoms with E-state index in [-0.39, 0.29) is 5.54 Å². The van der Waals surface area contributed by atoms with Gasteiger partial charge in [0.05, 0.1) is 5.69 Å². The van der Waals surface area contributed by atoms with Crippen LogP contribution in [0.2, 0.25) is 0 Å². The highest BCUT2D eigenvalue weighted by atomic mass is 15.2. The SMILES string of the molecule is Cc1ccn2c(NC(C)(C)CC(C)(C)C)c(C3CCCCC3)nc2c1. The van der Waals surface area contributed by atoms with Crippen molar-refractivity contribution in [2.45, 2.75) is 91.5 Å². The van der Waals surface area contributed by atoms with Gasteiger partial charge in [0, 0.05) is 17.7 Å². The summed E-state index contributed by atoms with van der Waals surface area (Å²) < 4.78 is 2.27. The van der Waals surface area contributed by atoms with Crippen LogP contribution in [-0.4, -0.2) is 14.9 Å². The lowest BCUT2D eigenvalue weighted by Gasteiger charge is -2.35. The van der Waals surface area contributed by atoms with Gasteiger partial charge in [0.1, 0.15) is 11.5 Å². The minimum absolute atomic E-state index is 0.0303. The van der Waals surface area contributed by atoms with E-state index in [1.807, 2.05) is 0 Å². The average Bonchev–Trinajstić information content (AvgIpc) is 2.82. The van der Waals surface area contributed by atoms with Gasteiger partial charge in [0.15, 0.2) is 0 Å². The third-order valence-corrected chi connectivity index (χ3v) is 5.23. The lowest BCUT2D eigenvalue weighted by Crippen LogP contribution is -2.36. The maximum Gasteiger partial charge on any atom is 0.138 e. The standard InChI is InChI=1S/C22H35N3/c1-16-12-13-25-18(14-16)23-19(17-10-8-7-9-11-17)20(25)24-22(5,6)15-21(2,3)4/h12-14,17,24H,7-11,15H2,1-6H3. The Morgan fingerprint density at radius 3 is 2.44 bits per heavy atom. The molecule has 1 fully saturated rings. The van der Waals surface area contributed by atoms with E-state index in [0.717, 1.165) is 12.1 Å². The van der Waals surface area contributed by atoms with E-state index < -0.39 is 0 Å². The van der Waals surface area contributed by atoms with Crippen molar-refractivity contribution in [1.82, 2.24) is 9.38 Å². The number of hydrogen-bond acceptors (Lipinski definition) is 2. The molecular weight excluding hydrogens is 306 g/mol. The van der Waals surface area contributed by atoms with Crippen LogP contribution in [0.4, 0.5) is 5.82 Å². The molecule has 138 valence electrons. The van der Waals surface area contributed by atoms with Crippen LogP contribution in [0.5, 0.6) is 0 Å². The molecule has 0 atom stereocenters. The van der Waals surface area contributed by atoms with E-state index in [1.165, 1.54) is 49.2 Å². The third kappa shape index (κ3) is 4.37. The van der Waals surface area contributed by atoms with Crippen LogP contribution in [0.15, 0.2) is 18.3 Å². The molecule has 1 N–H and O–H groups in total. The molecule has 0 radical (unpaired) electrons. The van der Waals surface area contributed by atoms with Crippen molar-refractivity contribution in [1.29, 1.82) is 0 Å². The fourth-order valence-electron chi connectivity index (χ4n) is 4.64. The predicted molar refractivity (Wildman–Crippen MR) is 108 cm³/mol. The van der Waals surface area contributed by atoms with Crippen molar-refractivity contribution in [2.75, 3.05) is 5.32 Å². The van der Waals surface area contributed by atoms with Crippen molar-refractivity contribution in [3.8, 4) is 0 Å². The summed E-state index contributed by atoms with van der Waals surface area (Å²) in [5.41, 5.74) is 3.95. The Balaban J connectivity index is 2.01. The molecule has 0 bridgehead atoms. The number of imidazole rings is 1. The fraction of sp³-hybridized carbons (Fsp3) is 0.682. The van der Waals surface area contributed by atoms with Gasteiger partial charge in [-0.25, -0.2) is 4.98 Å². The molecule has 2 aromatic rings. The van der Waals surface area contributed by atoms with Gasteiger partial charge in [-0.1, -0.05) is 40.0 Å². The average molecular weight is 342 g/mol. The van der Waals surface area contributed by atoms with Gasteiger partial charge >= 0.3 is 0 Å². The molecular formula is C22H35N3. The normalized spacial score (nSPS) is 17.2. The highest BCUT2D eigenvalue weighted by Crippen LogP contribution is 2.38. The molecule has 25 heavy (non-hydrogen) atoms. The first-order valence-corrected chi connectivity index (χ1v) is 9.91. The van der Waals surface area contributed by atoms with Gasteiger partial charge in [0.2, 0.25) is 0 Å². The number of hydrogen-bond donors (Lipinski definition) is 1. The molecule has 0 aliphatic heterocycles. The van der Waals surface area contributed by atoms with Crippen LogP contribution < -0.4 is 5.32 Å². The number of nitrogens with zero attached hydrogens (tertiary/aromatic N) is 2. The van der Waals surface area contributed by atoms with E-state index in [0.29, 0.717) is 11.3 Å². The molecule has 3 nitrogen and oxygen atoms in total. The molecule has 0 amide bonds. The van der Waals surface area contributed by atoms with Gasteiger partial charge < -0.3 is 5.32 Å². The third-order valence-electron chi connectivity index (χ3n) is 5.23. The summed E-state index contributed by atoms with van der Waals surface area (Å²) in [6.45, 7) is 13.7. The zero-order valence-corrected chi connectivity index (χ0v) is 16.9. The first-order chi connectivity index (χ1) is 11.6. The number of aromatic nitrogens is 2. The largest absolute Gasteiger partial charge is 0.365 e. The molecule has 3 rings (SSSR count). The van der Waals surface area contributed by atoms with E-state index in [2.05, 4.69) is 69.6 Å². The van der Waals surface area contributed by atoms with Gasteiger partial charge in [-0.2, -0.15) is 0 Å². The van der Waals surface area contributed by atoms with Crippen LogP contribution >= 0.6 is 0 Å². The quantitative estimate of drug-likeness (QED) is 0.705.